The fourth-order valence-corrected chi connectivity index (χ4v) is 1.73. The Bertz CT molecular complexity index is 558. The molecule has 0 aliphatic carbocycles. The first kappa shape index (κ1) is 11.4. The van der Waals surface area contributed by atoms with Crippen molar-refractivity contribution in [2.24, 2.45) is 0 Å². The van der Waals surface area contributed by atoms with Crippen LogP contribution in [0.25, 0.3) is 0 Å². The second kappa shape index (κ2) is 4.82. The molecule has 0 aliphatic rings. The molecule has 2 rings (SSSR count). The summed E-state index contributed by atoms with van der Waals surface area (Å²) in [6.07, 6.45) is 1.62. The van der Waals surface area contributed by atoms with Gasteiger partial charge in [0.05, 0.1) is 0 Å². The maximum absolute atomic E-state index is 11.3. The van der Waals surface area contributed by atoms with Crippen molar-refractivity contribution in [2.45, 2.75) is 19.8 Å². The first-order valence-electron chi connectivity index (χ1n) is 5.55. The second-order valence-electron chi connectivity index (χ2n) is 4.06. The molecular weight excluding hydrogens is 214 g/mol. The molecule has 0 radical (unpaired) electrons. The van der Waals surface area contributed by atoms with E-state index in [4.69, 9.17) is 5.73 Å². The number of benzene rings is 1. The van der Waals surface area contributed by atoms with Crippen LogP contribution in [0.4, 0.5) is 5.69 Å². The highest BCUT2D eigenvalue weighted by molar-refractivity contribution is 5.39. The van der Waals surface area contributed by atoms with Gasteiger partial charge >= 0.3 is 0 Å². The van der Waals surface area contributed by atoms with Gasteiger partial charge in [0.1, 0.15) is 5.82 Å². The Kier molecular flexibility index (Phi) is 3.23. The summed E-state index contributed by atoms with van der Waals surface area (Å²) in [6, 6.07) is 9.30. The number of hydrogen-bond acceptors (Lipinski definition) is 3. The van der Waals surface area contributed by atoms with E-state index in [9.17, 15) is 4.79 Å². The monoisotopic (exact) mass is 229 g/mol. The highest BCUT2D eigenvalue weighted by atomic mass is 16.1. The number of nitrogen functional groups attached to an aromatic ring is 1. The molecule has 1 aromatic heterocycles. The number of aryl methyl sites for hydroxylation is 3. The second-order valence-corrected chi connectivity index (χ2v) is 4.06. The number of rotatable bonds is 3. The van der Waals surface area contributed by atoms with E-state index < -0.39 is 0 Å². The van der Waals surface area contributed by atoms with Gasteiger partial charge in [0.15, 0.2) is 0 Å². The molecule has 17 heavy (non-hydrogen) atoms. The van der Waals surface area contributed by atoms with Gasteiger partial charge in [-0.3, -0.25) is 4.79 Å². The lowest BCUT2D eigenvalue weighted by molar-refractivity contribution is 0.869. The van der Waals surface area contributed by atoms with Crippen molar-refractivity contribution in [1.82, 2.24) is 9.97 Å². The topological polar surface area (TPSA) is 71.8 Å². The van der Waals surface area contributed by atoms with Gasteiger partial charge in [-0.15, -0.1) is 0 Å². The van der Waals surface area contributed by atoms with Crippen LogP contribution in [0.3, 0.4) is 0 Å². The molecule has 88 valence electrons. The standard InChI is InChI=1S/C13H15N3O/c1-9-15-12(8-13(17)16-9)7-4-10-2-5-11(14)6-3-10/h2-3,5-6,8H,4,7,14H2,1H3,(H,15,16,17). The number of nitrogens with two attached hydrogens (primary N) is 1. The Hall–Kier alpha value is -2.10. The third kappa shape index (κ3) is 3.17. The summed E-state index contributed by atoms with van der Waals surface area (Å²) in [7, 11) is 0. The number of nitrogens with one attached hydrogen (secondary N) is 1. The van der Waals surface area contributed by atoms with Crippen LogP contribution in [-0.4, -0.2) is 9.97 Å². The van der Waals surface area contributed by atoms with Crippen LogP contribution >= 0.6 is 0 Å². The summed E-state index contributed by atoms with van der Waals surface area (Å²) in [4.78, 5) is 18.2. The van der Waals surface area contributed by atoms with Crippen molar-refractivity contribution >= 4 is 5.69 Å². The molecule has 4 heteroatoms. The summed E-state index contributed by atoms with van der Waals surface area (Å²) >= 11 is 0. The number of H-pyrrole nitrogens is 1. The van der Waals surface area contributed by atoms with E-state index in [0.717, 1.165) is 24.2 Å². The van der Waals surface area contributed by atoms with E-state index in [1.807, 2.05) is 24.3 Å². The fourth-order valence-electron chi connectivity index (χ4n) is 1.73. The summed E-state index contributed by atoms with van der Waals surface area (Å²) in [5.41, 5.74) is 8.30. The first-order valence-corrected chi connectivity index (χ1v) is 5.55. The molecule has 0 amide bonds. The fraction of sp³-hybridized carbons (Fsp3) is 0.231. The maximum atomic E-state index is 11.3. The largest absolute Gasteiger partial charge is 0.399 e. The van der Waals surface area contributed by atoms with Crippen LogP contribution < -0.4 is 11.3 Å². The lowest BCUT2D eigenvalue weighted by Crippen LogP contribution is -2.11. The molecule has 0 unspecified atom stereocenters. The van der Waals surface area contributed by atoms with E-state index in [1.54, 1.807) is 13.0 Å². The van der Waals surface area contributed by atoms with Crippen molar-refractivity contribution in [3.05, 3.63) is 57.8 Å². The van der Waals surface area contributed by atoms with Gasteiger partial charge in [-0.05, 0) is 37.5 Å². The molecule has 1 heterocycles. The van der Waals surface area contributed by atoms with Crippen LogP contribution in [0, 0.1) is 6.92 Å². The average Bonchev–Trinajstić information content (AvgIpc) is 2.27. The lowest BCUT2D eigenvalue weighted by atomic mass is 10.1. The van der Waals surface area contributed by atoms with Gasteiger partial charge in [-0.2, -0.15) is 0 Å². The van der Waals surface area contributed by atoms with Crippen molar-refractivity contribution in [3.63, 3.8) is 0 Å². The predicted octanol–water partition coefficient (Wildman–Crippen LogP) is 1.45. The molecule has 0 fully saturated rings. The number of aromatic nitrogens is 2. The smallest absolute Gasteiger partial charge is 0.251 e. The zero-order valence-electron chi connectivity index (χ0n) is 9.73. The average molecular weight is 229 g/mol. The summed E-state index contributed by atoms with van der Waals surface area (Å²) in [5, 5.41) is 0. The van der Waals surface area contributed by atoms with Gasteiger partial charge in [0.25, 0.3) is 5.56 Å². The summed E-state index contributed by atoms with van der Waals surface area (Å²) in [6.45, 7) is 1.79. The lowest BCUT2D eigenvalue weighted by Gasteiger charge is -2.02. The van der Waals surface area contributed by atoms with E-state index in [1.165, 1.54) is 5.56 Å². The molecule has 0 saturated carbocycles. The Labute approximate surface area is 99.5 Å². The van der Waals surface area contributed by atoms with Crippen LogP contribution in [0.15, 0.2) is 35.1 Å². The molecule has 3 N–H and O–H groups in total. The van der Waals surface area contributed by atoms with E-state index in [0.29, 0.717) is 5.82 Å². The third-order valence-corrected chi connectivity index (χ3v) is 2.56. The van der Waals surface area contributed by atoms with Gasteiger partial charge in [-0.1, -0.05) is 12.1 Å². The van der Waals surface area contributed by atoms with Crippen molar-refractivity contribution in [2.75, 3.05) is 5.73 Å². The quantitative estimate of drug-likeness (QED) is 0.782. The minimum Gasteiger partial charge on any atom is -0.399 e. The van der Waals surface area contributed by atoms with Crippen LogP contribution in [0.2, 0.25) is 0 Å². The van der Waals surface area contributed by atoms with Gasteiger partial charge < -0.3 is 10.7 Å². The Morgan fingerprint density at radius 1 is 1.24 bits per heavy atom. The highest BCUT2D eigenvalue weighted by Crippen LogP contribution is 2.08. The number of aromatic amines is 1. The van der Waals surface area contributed by atoms with Crippen molar-refractivity contribution in [1.29, 1.82) is 0 Å². The minimum atomic E-state index is -0.0928. The predicted molar refractivity (Wildman–Crippen MR) is 67.9 cm³/mol. The molecular formula is C13H15N3O. The first-order chi connectivity index (χ1) is 8.13. The van der Waals surface area contributed by atoms with Crippen molar-refractivity contribution in [3.8, 4) is 0 Å². The van der Waals surface area contributed by atoms with Gasteiger partial charge in [-0.25, -0.2) is 4.98 Å². The van der Waals surface area contributed by atoms with Crippen LogP contribution in [-0.2, 0) is 12.8 Å². The van der Waals surface area contributed by atoms with Gasteiger partial charge in [0.2, 0.25) is 0 Å². The van der Waals surface area contributed by atoms with E-state index in [2.05, 4.69) is 9.97 Å². The Morgan fingerprint density at radius 3 is 2.59 bits per heavy atom. The zero-order chi connectivity index (χ0) is 12.3. The Balaban J connectivity index is 2.07. The zero-order valence-corrected chi connectivity index (χ0v) is 9.73. The molecule has 0 bridgehead atoms. The van der Waals surface area contributed by atoms with Gasteiger partial charge in [0, 0.05) is 17.4 Å². The summed E-state index contributed by atoms with van der Waals surface area (Å²) < 4.78 is 0. The summed E-state index contributed by atoms with van der Waals surface area (Å²) in [5.74, 6) is 0.657. The normalized spacial score (nSPS) is 10.4. The minimum absolute atomic E-state index is 0.0928. The molecule has 1 aromatic carbocycles. The van der Waals surface area contributed by atoms with E-state index in [-0.39, 0.29) is 5.56 Å². The molecule has 2 aromatic rings. The number of nitrogens with zero attached hydrogens (tertiary/aromatic N) is 1. The molecule has 4 nitrogen and oxygen atoms in total. The molecule has 0 saturated heterocycles. The number of hydrogen-bond donors (Lipinski definition) is 2. The van der Waals surface area contributed by atoms with E-state index >= 15 is 0 Å². The number of anilines is 1. The molecule has 0 atom stereocenters. The maximum Gasteiger partial charge on any atom is 0.251 e. The van der Waals surface area contributed by atoms with Crippen molar-refractivity contribution < 1.29 is 0 Å². The molecule has 0 aliphatic heterocycles. The third-order valence-electron chi connectivity index (χ3n) is 2.56. The highest BCUT2D eigenvalue weighted by Gasteiger charge is 1.99. The SMILES string of the molecule is Cc1nc(CCc2ccc(N)cc2)cc(=O)[nH]1. The molecule has 0 spiro atoms. The van der Waals surface area contributed by atoms with Crippen LogP contribution in [0.1, 0.15) is 17.1 Å². The Morgan fingerprint density at radius 2 is 1.94 bits per heavy atom. The van der Waals surface area contributed by atoms with Crippen LogP contribution in [0.5, 0.6) is 0 Å².